The Balaban J connectivity index is 2.04. The molecule has 0 fully saturated rings. The van der Waals surface area contributed by atoms with Gasteiger partial charge >= 0.3 is 6.16 Å². The summed E-state index contributed by atoms with van der Waals surface area (Å²) in [7, 11) is 0. The Morgan fingerprint density at radius 3 is 2.58 bits per heavy atom. The van der Waals surface area contributed by atoms with Crippen LogP contribution in [0.3, 0.4) is 0 Å². The number of pyridine rings is 1. The largest absolute Gasteiger partial charge is 0.506 e. The SMILES string of the molecule is O=C(O)OC(CNc1ccccn1)c1ccccc1. The van der Waals surface area contributed by atoms with Crippen LogP contribution in [0.1, 0.15) is 11.7 Å². The molecule has 5 heteroatoms. The topological polar surface area (TPSA) is 71.5 Å². The van der Waals surface area contributed by atoms with E-state index in [4.69, 9.17) is 9.84 Å². The van der Waals surface area contributed by atoms with Crippen molar-refractivity contribution in [3.63, 3.8) is 0 Å². The van der Waals surface area contributed by atoms with Gasteiger partial charge in [-0.05, 0) is 17.7 Å². The van der Waals surface area contributed by atoms with E-state index in [9.17, 15) is 4.79 Å². The van der Waals surface area contributed by atoms with E-state index in [0.717, 1.165) is 5.56 Å². The molecule has 1 aromatic heterocycles. The lowest BCUT2D eigenvalue weighted by molar-refractivity contribution is 0.0562. The van der Waals surface area contributed by atoms with Crippen LogP contribution in [0.25, 0.3) is 0 Å². The molecule has 0 aliphatic rings. The molecule has 0 saturated heterocycles. The predicted molar refractivity (Wildman–Crippen MR) is 71.0 cm³/mol. The molecule has 5 nitrogen and oxygen atoms in total. The highest BCUT2D eigenvalue weighted by atomic mass is 16.7. The zero-order chi connectivity index (χ0) is 13.5. The van der Waals surface area contributed by atoms with Gasteiger partial charge in [-0.1, -0.05) is 36.4 Å². The molecule has 1 unspecified atom stereocenters. The van der Waals surface area contributed by atoms with Crippen LogP contribution in [0, 0.1) is 0 Å². The molecule has 2 aromatic rings. The van der Waals surface area contributed by atoms with E-state index < -0.39 is 12.3 Å². The highest BCUT2D eigenvalue weighted by molar-refractivity contribution is 5.57. The van der Waals surface area contributed by atoms with Gasteiger partial charge in [-0.15, -0.1) is 0 Å². The normalized spacial score (nSPS) is 11.6. The summed E-state index contributed by atoms with van der Waals surface area (Å²) in [4.78, 5) is 14.8. The van der Waals surface area contributed by atoms with E-state index in [-0.39, 0.29) is 0 Å². The van der Waals surface area contributed by atoms with Crippen molar-refractivity contribution >= 4 is 12.0 Å². The third-order valence-corrected chi connectivity index (χ3v) is 2.55. The average Bonchev–Trinajstić information content (AvgIpc) is 2.45. The van der Waals surface area contributed by atoms with Crippen molar-refractivity contribution in [2.24, 2.45) is 0 Å². The van der Waals surface area contributed by atoms with Crippen LogP contribution in [0.5, 0.6) is 0 Å². The Morgan fingerprint density at radius 2 is 1.95 bits per heavy atom. The predicted octanol–water partition coefficient (Wildman–Crippen LogP) is 2.93. The summed E-state index contributed by atoms with van der Waals surface area (Å²) in [6, 6.07) is 14.7. The first-order valence-corrected chi connectivity index (χ1v) is 5.85. The second kappa shape index (κ2) is 6.39. The minimum Gasteiger partial charge on any atom is -0.450 e. The van der Waals surface area contributed by atoms with Crippen molar-refractivity contribution in [1.29, 1.82) is 0 Å². The van der Waals surface area contributed by atoms with Gasteiger partial charge < -0.3 is 15.2 Å². The van der Waals surface area contributed by atoms with E-state index in [1.807, 2.05) is 48.5 Å². The molecule has 19 heavy (non-hydrogen) atoms. The quantitative estimate of drug-likeness (QED) is 0.807. The van der Waals surface area contributed by atoms with Crippen molar-refractivity contribution in [2.75, 3.05) is 11.9 Å². The fourth-order valence-corrected chi connectivity index (χ4v) is 1.68. The summed E-state index contributed by atoms with van der Waals surface area (Å²) in [6.07, 6.45) is -0.199. The van der Waals surface area contributed by atoms with Crippen molar-refractivity contribution in [3.05, 3.63) is 60.3 Å². The number of nitrogens with one attached hydrogen (secondary N) is 1. The molecule has 0 amide bonds. The third-order valence-electron chi connectivity index (χ3n) is 2.55. The van der Waals surface area contributed by atoms with Crippen LogP contribution in [-0.2, 0) is 4.74 Å². The van der Waals surface area contributed by atoms with E-state index in [1.54, 1.807) is 6.20 Å². The number of hydrogen-bond acceptors (Lipinski definition) is 4. The Kier molecular flexibility index (Phi) is 4.34. The molecule has 0 radical (unpaired) electrons. The van der Waals surface area contributed by atoms with E-state index in [2.05, 4.69) is 10.3 Å². The summed E-state index contributed by atoms with van der Waals surface area (Å²) < 4.78 is 4.88. The first-order valence-electron chi connectivity index (χ1n) is 5.85. The average molecular weight is 258 g/mol. The molecule has 98 valence electrons. The molecule has 0 bridgehead atoms. The number of hydrogen-bond donors (Lipinski definition) is 2. The van der Waals surface area contributed by atoms with E-state index in [1.165, 1.54) is 0 Å². The van der Waals surface area contributed by atoms with Crippen LogP contribution in [0.2, 0.25) is 0 Å². The fourth-order valence-electron chi connectivity index (χ4n) is 1.68. The maximum absolute atomic E-state index is 10.7. The van der Waals surface area contributed by atoms with Crippen molar-refractivity contribution in [2.45, 2.75) is 6.10 Å². The van der Waals surface area contributed by atoms with Gasteiger partial charge in [0.25, 0.3) is 0 Å². The maximum Gasteiger partial charge on any atom is 0.506 e. The number of ether oxygens (including phenoxy) is 1. The fraction of sp³-hybridized carbons (Fsp3) is 0.143. The molecule has 1 heterocycles. The summed E-state index contributed by atoms with van der Waals surface area (Å²) in [5.74, 6) is 0.678. The molecular weight excluding hydrogens is 244 g/mol. The lowest BCUT2D eigenvalue weighted by Crippen LogP contribution is -2.18. The van der Waals surface area contributed by atoms with Gasteiger partial charge in [0.2, 0.25) is 0 Å². The van der Waals surface area contributed by atoms with Gasteiger partial charge in [0.1, 0.15) is 11.9 Å². The Morgan fingerprint density at radius 1 is 1.21 bits per heavy atom. The van der Waals surface area contributed by atoms with E-state index in [0.29, 0.717) is 12.4 Å². The third kappa shape index (κ3) is 3.99. The summed E-state index contributed by atoms with van der Waals surface area (Å²) >= 11 is 0. The maximum atomic E-state index is 10.7. The minimum atomic E-state index is -1.29. The molecule has 0 aliphatic carbocycles. The van der Waals surface area contributed by atoms with Crippen LogP contribution in [0.15, 0.2) is 54.7 Å². The minimum absolute atomic E-state index is 0.327. The Hall–Kier alpha value is -2.56. The van der Waals surface area contributed by atoms with Crippen LogP contribution in [-0.4, -0.2) is 22.8 Å². The van der Waals surface area contributed by atoms with Crippen LogP contribution in [0.4, 0.5) is 10.6 Å². The first-order chi connectivity index (χ1) is 9.25. The Bertz CT molecular complexity index is 517. The molecule has 2 rings (SSSR count). The molecule has 0 saturated carbocycles. The standard InChI is InChI=1S/C14H14N2O3/c17-14(18)19-12(11-6-2-1-3-7-11)10-16-13-8-4-5-9-15-13/h1-9,12H,10H2,(H,15,16)(H,17,18). The van der Waals surface area contributed by atoms with Gasteiger partial charge in [-0.2, -0.15) is 0 Å². The lowest BCUT2D eigenvalue weighted by Gasteiger charge is -2.17. The number of carboxylic acid groups (broad SMARTS) is 1. The van der Waals surface area contributed by atoms with Gasteiger partial charge in [0.05, 0.1) is 6.54 Å². The number of anilines is 1. The molecule has 1 atom stereocenters. The van der Waals surface area contributed by atoms with Gasteiger partial charge in [-0.3, -0.25) is 0 Å². The monoisotopic (exact) mass is 258 g/mol. The second-order valence-corrected chi connectivity index (χ2v) is 3.88. The zero-order valence-corrected chi connectivity index (χ0v) is 10.2. The van der Waals surface area contributed by atoms with Gasteiger partial charge in [-0.25, -0.2) is 9.78 Å². The number of benzene rings is 1. The smallest absolute Gasteiger partial charge is 0.450 e. The highest BCUT2D eigenvalue weighted by Gasteiger charge is 2.15. The number of rotatable bonds is 5. The van der Waals surface area contributed by atoms with E-state index >= 15 is 0 Å². The van der Waals surface area contributed by atoms with Crippen molar-refractivity contribution < 1.29 is 14.6 Å². The lowest BCUT2D eigenvalue weighted by atomic mass is 10.1. The first kappa shape index (κ1) is 12.9. The summed E-state index contributed by atoms with van der Waals surface area (Å²) in [5, 5.41) is 11.8. The van der Waals surface area contributed by atoms with Crippen LogP contribution < -0.4 is 5.32 Å². The van der Waals surface area contributed by atoms with Crippen molar-refractivity contribution in [3.8, 4) is 0 Å². The molecular formula is C14H14N2O3. The molecule has 2 N–H and O–H groups in total. The van der Waals surface area contributed by atoms with Crippen molar-refractivity contribution in [1.82, 2.24) is 4.98 Å². The van der Waals surface area contributed by atoms with Gasteiger partial charge in [0.15, 0.2) is 0 Å². The molecule has 0 spiro atoms. The molecule has 1 aromatic carbocycles. The number of nitrogens with zero attached hydrogens (tertiary/aromatic N) is 1. The Labute approximate surface area is 110 Å². The molecule has 0 aliphatic heterocycles. The van der Waals surface area contributed by atoms with Gasteiger partial charge in [0, 0.05) is 6.20 Å². The summed E-state index contributed by atoms with van der Waals surface area (Å²) in [5.41, 5.74) is 0.799. The zero-order valence-electron chi connectivity index (χ0n) is 10.2. The second-order valence-electron chi connectivity index (χ2n) is 3.88. The number of carbonyl (C=O) groups is 1. The number of aromatic nitrogens is 1. The highest BCUT2D eigenvalue weighted by Crippen LogP contribution is 2.18. The van der Waals surface area contributed by atoms with Crippen LogP contribution >= 0.6 is 0 Å². The summed E-state index contributed by atoms with van der Waals surface area (Å²) in [6.45, 7) is 0.327.